The van der Waals surface area contributed by atoms with E-state index in [1.165, 1.54) is 24.9 Å². The number of guanidine groups is 1. The first-order valence-corrected chi connectivity index (χ1v) is 9.27. The number of nitrogens with zero attached hydrogens (tertiary/aromatic N) is 6. The summed E-state index contributed by atoms with van der Waals surface area (Å²) in [7, 11) is 10.2. The smallest absolute Gasteiger partial charge is 0.193 e. The van der Waals surface area contributed by atoms with Crippen molar-refractivity contribution in [2.45, 2.75) is 31.8 Å². The SMILES string of the molecule is CCN1CCCC1CN(C)C(=NC)NCC(c1cnn(C)c1)N(C)C. The number of nitrogens with one attached hydrogen (secondary N) is 1. The molecule has 0 aromatic carbocycles. The molecule has 7 heteroatoms. The van der Waals surface area contributed by atoms with E-state index in [0.717, 1.165) is 25.6 Å². The van der Waals surface area contributed by atoms with Crippen molar-refractivity contribution in [3.8, 4) is 0 Å². The summed E-state index contributed by atoms with van der Waals surface area (Å²) in [6, 6.07) is 0.897. The molecule has 1 saturated heterocycles. The van der Waals surface area contributed by atoms with Crippen molar-refractivity contribution >= 4 is 5.96 Å². The number of aryl methyl sites for hydroxylation is 1. The Hall–Kier alpha value is -1.60. The molecule has 0 saturated carbocycles. The normalized spacial score (nSPS) is 20.3. The van der Waals surface area contributed by atoms with Crippen LogP contribution in [0.15, 0.2) is 17.4 Å². The zero-order valence-electron chi connectivity index (χ0n) is 16.7. The van der Waals surface area contributed by atoms with Crippen molar-refractivity contribution < 1.29 is 0 Å². The second kappa shape index (κ2) is 9.20. The van der Waals surface area contributed by atoms with Gasteiger partial charge >= 0.3 is 0 Å². The molecule has 0 bridgehead atoms. The van der Waals surface area contributed by atoms with Crippen molar-refractivity contribution in [3.63, 3.8) is 0 Å². The number of aliphatic imine (C=N–C) groups is 1. The molecule has 1 aromatic rings. The first-order valence-electron chi connectivity index (χ1n) is 9.27. The predicted molar refractivity (Wildman–Crippen MR) is 104 cm³/mol. The van der Waals surface area contributed by atoms with Gasteiger partial charge in [-0.3, -0.25) is 14.6 Å². The maximum Gasteiger partial charge on any atom is 0.193 e. The lowest BCUT2D eigenvalue weighted by atomic mass is 10.1. The Morgan fingerprint density at radius 1 is 1.44 bits per heavy atom. The van der Waals surface area contributed by atoms with Gasteiger partial charge in [0.1, 0.15) is 0 Å². The Kier molecular flexibility index (Phi) is 7.25. The maximum atomic E-state index is 4.48. The summed E-state index contributed by atoms with van der Waals surface area (Å²) in [6.45, 7) is 6.44. The number of aromatic nitrogens is 2. The van der Waals surface area contributed by atoms with Crippen LogP contribution < -0.4 is 5.32 Å². The molecule has 1 fully saturated rings. The lowest BCUT2D eigenvalue weighted by Gasteiger charge is -2.31. The molecule has 2 atom stereocenters. The summed E-state index contributed by atoms with van der Waals surface area (Å²) in [6.07, 6.45) is 6.61. The minimum Gasteiger partial charge on any atom is -0.354 e. The Balaban J connectivity index is 1.93. The first kappa shape index (κ1) is 19.7. The van der Waals surface area contributed by atoms with E-state index in [4.69, 9.17) is 0 Å². The molecule has 2 unspecified atom stereocenters. The zero-order valence-corrected chi connectivity index (χ0v) is 16.7. The number of hydrogen-bond donors (Lipinski definition) is 1. The van der Waals surface area contributed by atoms with Crippen LogP contribution in [0.3, 0.4) is 0 Å². The van der Waals surface area contributed by atoms with Crippen molar-refractivity contribution in [1.82, 2.24) is 29.8 Å². The van der Waals surface area contributed by atoms with Gasteiger partial charge in [0.25, 0.3) is 0 Å². The molecule has 1 aliphatic heterocycles. The summed E-state index contributed by atoms with van der Waals surface area (Å²) in [5, 5.41) is 7.85. The second-order valence-corrected chi connectivity index (χ2v) is 7.16. The fraction of sp³-hybridized carbons (Fsp3) is 0.778. The molecule has 2 rings (SSSR count). The third kappa shape index (κ3) is 5.19. The van der Waals surface area contributed by atoms with Crippen LogP contribution in [0.25, 0.3) is 0 Å². The molecule has 25 heavy (non-hydrogen) atoms. The largest absolute Gasteiger partial charge is 0.354 e. The van der Waals surface area contributed by atoms with Gasteiger partial charge in [-0.25, -0.2) is 0 Å². The number of likely N-dealkylation sites (tertiary alicyclic amines) is 1. The molecule has 0 radical (unpaired) electrons. The lowest BCUT2D eigenvalue weighted by Crippen LogP contribution is -2.47. The van der Waals surface area contributed by atoms with E-state index in [1.54, 1.807) is 0 Å². The monoisotopic (exact) mass is 349 g/mol. The van der Waals surface area contributed by atoms with E-state index in [0.29, 0.717) is 6.04 Å². The van der Waals surface area contributed by atoms with E-state index in [2.05, 4.69) is 64.4 Å². The fourth-order valence-corrected chi connectivity index (χ4v) is 3.70. The van der Waals surface area contributed by atoms with E-state index in [-0.39, 0.29) is 6.04 Å². The van der Waals surface area contributed by atoms with Crippen molar-refractivity contribution in [1.29, 1.82) is 0 Å². The molecule has 1 aliphatic rings. The molecular formula is C18H35N7. The summed E-state index contributed by atoms with van der Waals surface area (Å²) in [4.78, 5) is 11.5. The summed E-state index contributed by atoms with van der Waals surface area (Å²) in [5.41, 5.74) is 1.21. The molecule has 0 spiro atoms. The van der Waals surface area contributed by atoms with Crippen LogP contribution in [0.4, 0.5) is 0 Å². The molecule has 1 aromatic heterocycles. The first-order chi connectivity index (χ1) is 12.0. The highest BCUT2D eigenvalue weighted by Crippen LogP contribution is 2.18. The van der Waals surface area contributed by atoms with Crippen molar-refractivity contribution in [2.24, 2.45) is 12.0 Å². The molecule has 1 N–H and O–H groups in total. The van der Waals surface area contributed by atoms with Crippen LogP contribution in [0, 0.1) is 0 Å². The predicted octanol–water partition coefficient (Wildman–Crippen LogP) is 1.01. The maximum absolute atomic E-state index is 4.48. The van der Waals surface area contributed by atoms with Gasteiger partial charge < -0.3 is 15.1 Å². The molecular weight excluding hydrogens is 314 g/mol. The second-order valence-electron chi connectivity index (χ2n) is 7.16. The molecule has 142 valence electrons. The van der Waals surface area contributed by atoms with Gasteiger partial charge in [0.05, 0.1) is 12.2 Å². The Labute approximate surface area is 152 Å². The minimum atomic E-state index is 0.262. The fourth-order valence-electron chi connectivity index (χ4n) is 3.70. The highest BCUT2D eigenvalue weighted by Gasteiger charge is 2.25. The third-order valence-electron chi connectivity index (χ3n) is 5.15. The van der Waals surface area contributed by atoms with Gasteiger partial charge in [-0.1, -0.05) is 6.92 Å². The molecule has 2 heterocycles. The molecule has 0 aliphatic carbocycles. The van der Waals surface area contributed by atoms with E-state index < -0.39 is 0 Å². The Morgan fingerprint density at radius 3 is 2.76 bits per heavy atom. The highest BCUT2D eigenvalue weighted by atomic mass is 15.3. The van der Waals surface area contributed by atoms with Gasteiger partial charge in [0, 0.05) is 52.0 Å². The van der Waals surface area contributed by atoms with Crippen LogP contribution in [-0.2, 0) is 7.05 Å². The van der Waals surface area contributed by atoms with Gasteiger partial charge in [0.2, 0.25) is 0 Å². The van der Waals surface area contributed by atoms with Gasteiger partial charge in [0.15, 0.2) is 5.96 Å². The number of hydrogen-bond acceptors (Lipinski definition) is 4. The van der Waals surface area contributed by atoms with Crippen molar-refractivity contribution in [2.75, 3.05) is 54.4 Å². The van der Waals surface area contributed by atoms with Gasteiger partial charge in [-0.05, 0) is 40.0 Å². The lowest BCUT2D eigenvalue weighted by molar-refractivity contribution is 0.231. The summed E-state index contributed by atoms with van der Waals surface area (Å²) < 4.78 is 1.85. The molecule has 7 nitrogen and oxygen atoms in total. The van der Waals surface area contributed by atoms with Gasteiger partial charge in [-0.2, -0.15) is 5.10 Å². The van der Waals surface area contributed by atoms with E-state index in [1.807, 2.05) is 25.0 Å². The van der Waals surface area contributed by atoms with E-state index >= 15 is 0 Å². The standard InChI is InChI=1S/C18H35N7/c1-7-25-10-8-9-16(25)14-23(5)18(19-2)20-12-17(22(3)4)15-11-21-24(6)13-15/h11,13,16-17H,7-10,12,14H2,1-6H3,(H,19,20). The van der Waals surface area contributed by atoms with Crippen LogP contribution in [0.5, 0.6) is 0 Å². The number of rotatable bonds is 7. The Bertz CT molecular complexity index is 551. The summed E-state index contributed by atoms with van der Waals surface area (Å²) >= 11 is 0. The van der Waals surface area contributed by atoms with Gasteiger partial charge in [-0.15, -0.1) is 0 Å². The zero-order chi connectivity index (χ0) is 18.4. The van der Waals surface area contributed by atoms with Crippen LogP contribution in [0.1, 0.15) is 31.4 Å². The van der Waals surface area contributed by atoms with Crippen molar-refractivity contribution in [3.05, 3.63) is 18.0 Å². The average Bonchev–Trinajstić information content (AvgIpc) is 3.19. The van der Waals surface area contributed by atoms with E-state index in [9.17, 15) is 0 Å². The average molecular weight is 350 g/mol. The van der Waals surface area contributed by atoms with Crippen LogP contribution >= 0.6 is 0 Å². The highest BCUT2D eigenvalue weighted by molar-refractivity contribution is 5.79. The summed E-state index contributed by atoms with van der Waals surface area (Å²) in [5.74, 6) is 0.957. The molecule has 0 amide bonds. The third-order valence-corrected chi connectivity index (χ3v) is 5.15. The topological polar surface area (TPSA) is 51.9 Å². The van der Waals surface area contributed by atoms with Crippen LogP contribution in [-0.4, -0.2) is 90.9 Å². The Morgan fingerprint density at radius 2 is 2.20 bits per heavy atom. The quantitative estimate of drug-likeness (QED) is 0.588. The minimum absolute atomic E-state index is 0.262. The number of likely N-dealkylation sites (N-methyl/N-ethyl adjacent to an activating group) is 3. The van der Waals surface area contributed by atoms with Crippen LogP contribution in [0.2, 0.25) is 0 Å².